The molecule has 0 bridgehead atoms. The molecular weight excluding hydrogens is 477 g/mol. The average molecular weight is 498 g/mol. The Hall–Kier alpha value is -4.17. The van der Waals surface area contributed by atoms with Gasteiger partial charge in [0.2, 0.25) is 5.95 Å². The number of aromatic nitrogens is 7. The van der Waals surface area contributed by atoms with Crippen molar-refractivity contribution < 1.29 is 4.39 Å². The Morgan fingerprint density at radius 1 is 1.00 bits per heavy atom. The highest BCUT2D eigenvalue weighted by molar-refractivity contribution is 6.32. The monoisotopic (exact) mass is 497 g/mol. The summed E-state index contributed by atoms with van der Waals surface area (Å²) in [7, 11) is 0. The maximum Gasteiger partial charge on any atom is 0.216 e. The smallest absolute Gasteiger partial charge is 0.216 e. The molecule has 1 saturated carbocycles. The van der Waals surface area contributed by atoms with Crippen LogP contribution in [0.2, 0.25) is 5.02 Å². The summed E-state index contributed by atoms with van der Waals surface area (Å²) in [6.07, 6.45) is 10.5. The Kier molecular flexibility index (Phi) is 5.87. The molecule has 1 aliphatic rings. The molecule has 36 heavy (non-hydrogen) atoms. The first-order valence-corrected chi connectivity index (χ1v) is 12.0. The molecule has 3 aromatic heterocycles. The lowest BCUT2D eigenvalue weighted by molar-refractivity contribution is 0.401. The number of pyridine rings is 1. The lowest BCUT2D eigenvalue weighted by Crippen LogP contribution is -2.15. The van der Waals surface area contributed by atoms with E-state index in [0.29, 0.717) is 27.7 Å². The van der Waals surface area contributed by atoms with Gasteiger partial charge >= 0.3 is 0 Å². The topological polar surface area (TPSA) is 96.0 Å². The first-order valence-electron chi connectivity index (χ1n) is 11.7. The molecule has 0 saturated heterocycles. The number of allylic oxidation sites excluding steroid dienone is 1. The fourth-order valence-corrected chi connectivity index (χ4v) is 4.85. The van der Waals surface area contributed by atoms with E-state index in [0.717, 1.165) is 46.2 Å². The van der Waals surface area contributed by atoms with Crippen LogP contribution in [-0.2, 0) is 0 Å². The van der Waals surface area contributed by atoms with E-state index in [2.05, 4.69) is 47.9 Å². The van der Waals surface area contributed by atoms with Crippen LogP contribution in [0.5, 0.6) is 0 Å². The Morgan fingerprint density at radius 3 is 2.56 bits per heavy atom. The lowest BCUT2D eigenvalue weighted by atomic mass is 9.73. The molecule has 3 heterocycles. The molecule has 0 amide bonds. The predicted octanol–water partition coefficient (Wildman–Crippen LogP) is 6.19. The van der Waals surface area contributed by atoms with Crippen LogP contribution in [-0.4, -0.2) is 35.8 Å². The van der Waals surface area contributed by atoms with Crippen molar-refractivity contribution in [1.82, 2.24) is 35.8 Å². The van der Waals surface area contributed by atoms with Crippen LogP contribution in [0.4, 0.5) is 4.39 Å². The Labute approximate surface area is 211 Å². The molecular formula is C27H21ClFN7. The minimum Gasteiger partial charge on any atom is -0.263 e. The quantitative estimate of drug-likeness (QED) is 0.291. The number of tetrazole rings is 1. The van der Waals surface area contributed by atoms with Crippen LogP contribution < -0.4 is 0 Å². The second-order valence-corrected chi connectivity index (χ2v) is 9.17. The van der Waals surface area contributed by atoms with E-state index in [4.69, 9.17) is 11.6 Å². The molecule has 0 aliphatic heterocycles. The number of benzene rings is 2. The summed E-state index contributed by atoms with van der Waals surface area (Å²) in [6.45, 7) is 0. The number of nitrogens with one attached hydrogen (secondary N) is 2. The number of aromatic amines is 2. The average Bonchev–Trinajstić information content (AvgIpc) is 3.52. The van der Waals surface area contributed by atoms with Gasteiger partial charge in [0.1, 0.15) is 0 Å². The van der Waals surface area contributed by atoms with Gasteiger partial charge in [-0.2, -0.15) is 14.7 Å². The van der Waals surface area contributed by atoms with Gasteiger partial charge in [-0.05, 0) is 76.1 Å². The summed E-state index contributed by atoms with van der Waals surface area (Å²) in [5.74, 6) is 0.414. The molecule has 1 aliphatic carbocycles. The van der Waals surface area contributed by atoms with Gasteiger partial charge in [-0.15, -0.1) is 10.2 Å². The standard InChI is InChI=1S/C27H21ClFN7/c28-22-15-30-13-12-20(22)26(17-2-1-3-17)25(19-9-10-23-21(14-19)27(29)34-31-23)18-7-4-16(5-8-18)6-11-24-32-35-36-33-24/h4-15,17H,1-3H2,(H,31,34)(H,32,33,35,36)/b11-6+,26-25?. The van der Waals surface area contributed by atoms with Gasteiger partial charge in [-0.25, -0.2) is 0 Å². The van der Waals surface area contributed by atoms with Crippen molar-refractivity contribution in [2.24, 2.45) is 5.92 Å². The second kappa shape index (κ2) is 9.47. The maximum atomic E-state index is 14.5. The largest absolute Gasteiger partial charge is 0.263 e. The first-order chi connectivity index (χ1) is 17.7. The third-order valence-electron chi connectivity index (χ3n) is 6.63. The fraction of sp³-hybridized carbons (Fsp3) is 0.148. The van der Waals surface area contributed by atoms with Crippen molar-refractivity contribution in [2.45, 2.75) is 19.3 Å². The van der Waals surface area contributed by atoms with Crippen LogP contribution in [0.25, 0.3) is 34.2 Å². The van der Waals surface area contributed by atoms with Gasteiger partial charge in [0.25, 0.3) is 0 Å². The minimum atomic E-state index is -0.444. The summed E-state index contributed by atoms with van der Waals surface area (Å²) >= 11 is 6.68. The van der Waals surface area contributed by atoms with Crippen LogP contribution in [0.3, 0.4) is 0 Å². The zero-order valence-electron chi connectivity index (χ0n) is 19.1. The van der Waals surface area contributed by atoms with Crippen molar-refractivity contribution in [3.8, 4) is 0 Å². The van der Waals surface area contributed by atoms with Crippen LogP contribution >= 0.6 is 11.6 Å². The number of fused-ring (bicyclic) bond motifs is 1. The molecule has 6 rings (SSSR count). The summed E-state index contributed by atoms with van der Waals surface area (Å²) in [6, 6.07) is 15.9. The number of halogens is 2. The Morgan fingerprint density at radius 2 is 1.83 bits per heavy atom. The highest BCUT2D eigenvalue weighted by Gasteiger charge is 2.28. The molecule has 9 heteroatoms. The molecule has 178 valence electrons. The van der Waals surface area contributed by atoms with Gasteiger partial charge in [-0.1, -0.05) is 54.4 Å². The van der Waals surface area contributed by atoms with Crippen molar-refractivity contribution in [1.29, 1.82) is 0 Å². The molecule has 0 atom stereocenters. The molecule has 1 fully saturated rings. The van der Waals surface area contributed by atoms with Gasteiger partial charge in [0.15, 0.2) is 5.82 Å². The number of rotatable bonds is 6. The van der Waals surface area contributed by atoms with Crippen LogP contribution in [0.15, 0.2) is 60.9 Å². The molecule has 0 spiro atoms. The van der Waals surface area contributed by atoms with Gasteiger partial charge in [0.05, 0.1) is 15.9 Å². The summed E-state index contributed by atoms with van der Waals surface area (Å²) in [5, 5.41) is 21.5. The van der Waals surface area contributed by atoms with E-state index in [9.17, 15) is 4.39 Å². The highest BCUT2D eigenvalue weighted by atomic mass is 35.5. The Bertz CT molecular complexity index is 1580. The van der Waals surface area contributed by atoms with Gasteiger partial charge in [0, 0.05) is 18.0 Å². The van der Waals surface area contributed by atoms with Crippen LogP contribution in [0, 0.1) is 11.9 Å². The summed E-state index contributed by atoms with van der Waals surface area (Å²) in [5.41, 5.74) is 6.66. The third-order valence-corrected chi connectivity index (χ3v) is 6.93. The van der Waals surface area contributed by atoms with E-state index in [1.807, 2.05) is 42.5 Å². The third kappa shape index (κ3) is 4.20. The number of H-pyrrole nitrogens is 2. The SMILES string of the molecule is Fc1[nH]nc2ccc(C(=C(c3ccncc3Cl)C3CCC3)c3ccc(/C=C/c4nn[nH]n4)cc3)cc12. The fourth-order valence-electron chi connectivity index (χ4n) is 4.63. The van der Waals surface area contributed by atoms with Crippen LogP contribution in [0.1, 0.15) is 47.3 Å². The zero-order chi connectivity index (χ0) is 24.5. The Balaban J connectivity index is 1.53. The summed E-state index contributed by atoms with van der Waals surface area (Å²) in [4.78, 5) is 4.19. The normalized spacial score (nSPS) is 14.8. The van der Waals surface area contributed by atoms with Gasteiger partial charge < -0.3 is 0 Å². The van der Waals surface area contributed by atoms with E-state index in [-0.39, 0.29) is 0 Å². The number of hydrogen-bond acceptors (Lipinski definition) is 5. The van der Waals surface area contributed by atoms with E-state index in [1.165, 1.54) is 6.42 Å². The lowest BCUT2D eigenvalue weighted by Gasteiger charge is -2.32. The van der Waals surface area contributed by atoms with Crippen molar-refractivity contribution in [3.63, 3.8) is 0 Å². The molecule has 0 radical (unpaired) electrons. The molecule has 2 N–H and O–H groups in total. The minimum absolute atomic E-state index is 0.350. The van der Waals surface area contributed by atoms with E-state index < -0.39 is 5.95 Å². The maximum absolute atomic E-state index is 14.5. The van der Waals surface area contributed by atoms with E-state index in [1.54, 1.807) is 18.5 Å². The van der Waals surface area contributed by atoms with Crippen molar-refractivity contribution in [2.75, 3.05) is 0 Å². The van der Waals surface area contributed by atoms with E-state index >= 15 is 0 Å². The molecule has 0 unspecified atom stereocenters. The van der Waals surface area contributed by atoms with Crippen molar-refractivity contribution >= 4 is 45.8 Å². The molecule has 2 aromatic carbocycles. The highest BCUT2D eigenvalue weighted by Crippen LogP contribution is 2.46. The molecule has 7 nitrogen and oxygen atoms in total. The number of hydrogen-bond donors (Lipinski definition) is 2. The second-order valence-electron chi connectivity index (χ2n) is 8.77. The summed E-state index contributed by atoms with van der Waals surface area (Å²) < 4.78 is 14.5. The number of nitrogens with zero attached hydrogens (tertiary/aromatic N) is 5. The van der Waals surface area contributed by atoms with Gasteiger partial charge in [-0.3, -0.25) is 10.1 Å². The molecule has 5 aromatic rings. The van der Waals surface area contributed by atoms with Crippen molar-refractivity contribution in [3.05, 3.63) is 100.0 Å². The zero-order valence-corrected chi connectivity index (χ0v) is 19.9. The predicted molar refractivity (Wildman–Crippen MR) is 138 cm³/mol. The first kappa shape index (κ1) is 22.3.